The molecule has 1 saturated carbocycles. The number of hydrogen-bond donors (Lipinski definition) is 3. The maximum absolute atomic E-state index is 12.3. The number of carbonyl (C=O) groups excluding carboxylic acids is 1. The van der Waals surface area contributed by atoms with Gasteiger partial charge in [-0.2, -0.15) is 0 Å². The number of hydrazine groups is 1. The minimum atomic E-state index is -0.122. The molecule has 1 aliphatic carbocycles. The minimum absolute atomic E-state index is 0.122. The van der Waals surface area contributed by atoms with Crippen molar-refractivity contribution in [2.24, 2.45) is 11.8 Å². The van der Waals surface area contributed by atoms with Crippen LogP contribution in [0.4, 0.5) is 0 Å². The number of para-hydroxylation sites is 1. The normalized spacial score (nSPS) is 22.8. The van der Waals surface area contributed by atoms with Gasteiger partial charge in [0.2, 0.25) is 0 Å². The van der Waals surface area contributed by atoms with Crippen LogP contribution in [0.25, 0.3) is 10.9 Å². The molecule has 1 aliphatic rings. The summed E-state index contributed by atoms with van der Waals surface area (Å²) >= 11 is 5.35. The molecule has 0 radical (unpaired) electrons. The van der Waals surface area contributed by atoms with Crippen molar-refractivity contribution >= 4 is 34.1 Å². The zero-order valence-corrected chi connectivity index (χ0v) is 16.5. The van der Waals surface area contributed by atoms with Gasteiger partial charge in [0.1, 0.15) is 6.54 Å². The monoisotopic (exact) mass is 372 g/mol. The van der Waals surface area contributed by atoms with Gasteiger partial charge >= 0.3 is 0 Å². The molecule has 1 fully saturated rings. The van der Waals surface area contributed by atoms with E-state index in [9.17, 15) is 4.79 Å². The molecule has 140 valence electrons. The maximum Gasteiger partial charge on any atom is 0.258 e. The van der Waals surface area contributed by atoms with Gasteiger partial charge < -0.3 is 9.88 Å². The van der Waals surface area contributed by atoms with E-state index in [4.69, 9.17) is 12.2 Å². The van der Waals surface area contributed by atoms with Gasteiger partial charge in [0.25, 0.3) is 5.91 Å². The summed E-state index contributed by atoms with van der Waals surface area (Å²) in [6, 6.07) is 10.5. The SMILES string of the molecule is Cc1cc2ccccc2n1CC(=O)NNC(=S)N[C@@H]1CCC[C@H](C)[C@@H]1C. The highest BCUT2D eigenvalue weighted by Crippen LogP contribution is 2.29. The number of thiocarbonyl (C=S) groups is 1. The Morgan fingerprint density at radius 2 is 2.00 bits per heavy atom. The lowest BCUT2D eigenvalue weighted by molar-refractivity contribution is -0.122. The molecule has 1 aromatic carbocycles. The van der Waals surface area contributed by atoms with E-state index in [0.29, 0.717) is 23.0 Å². The van der Waals surface area contributed by atoms with E-state index < -0.39 is 0 Å². The number of rotatable bonds is 3. The fraction of sp³-hybridized carbons (Fsp3) is 0.500. The number of carbonyl (C=O) groups is 1. The molecule has 2 aromatic rings. The first-order valence-corrected chi connectivity index (χ1v) is 9.76. The fourth-order valence-electron chi connectivity index (χ4n) is 3.86. The number of amides is 1. The third-order valence-corrected chi connectivity index (χ3v) is 5.88. The summed E-state index contributed by atoms with van der Waals surface area (Å²) in [4.78, 5) is 12.3. The second-order valence-electron chi connectivity index (χ2n) is 7.45. The first kappa shape index (κ1) is 18.7. The first-order chi connectivity index (χ1) is 12.5. The second-order valence-corrected chi connectivity index (χ2v) is 7.86. The minimum Gasteiger partial charge on any atom is -0.358 e. The lowest BCUT2D eigenvalue weighted by Crippen LogP contribution is -2.53. The van der Waals surface area contributed by atoms with E-state index in [1.807, 2.05) is 29.7 Å². The Hall–Kier alpha value is -2.08. The smallest absolute Gasteiger partial charge is 0.258 e. The van der Waals surface area contributed by atoms with E-state index >= 15 is 0 Å². The summed E-state index contributed by atoms with van der Waals surface area (Å²) in [5.41, 5.74) is 7.69. The van der Waals surface area contributed by atoms with Gasteiger partial charge in [-0.05, 0) is 54.9 Å². The number of aromatic nitrogens is 1. The van der Waals surface area contributed by atoms with Crippen LogP contribution in [-0.4, -0.2) is 21.6 Å². The van der Waals surface area contributed by atoms with Crippen molar-refractivity contribution < 1.29 is 4.79 Å². The van der Waals surface area contributed by atoms with E-state index in [-0.39, 0.29) is 12.5 Å². The number of nitrogens with one attached hydrogen (secondary N) is 3. The fourth-order valence-corrected chi connectivity index (χ4v) is 4.06. The van der Waals surface area contributed by atoms with Crippen molar-refractivity contribution in [3.05, 3.63) is 36.0 Å². The van der Waals surface area contributed by atoms with Crippen LogP contribution >= 0.6 is 12.2 Å². The Labute approximate surface area is 160 Å². The van der Waals surface area contributed by atoms with Gasteiger partial charge in [0.15, 0.2) is 5.11 Å². The van der Waals surface area contributed by atoms with Crippen LogP contribution in [0.1, 0.15) is 38.8 Å². The summed E-state index contributed by atoms with van der Waals surface area (Å²) in [5, 5.41) is 4.98. The highest BCUT2D eigenvalue weighted by atomic mass is 32.1. The van der Waals surface area contributed by atoms with Gasteiger partial charge in [-0.25, -0.2) is 0 Å². The summed E-state index contributed by atoms with van der Waals surface area (Å²) in [5.74, 6) is 1.15. The summed E-state index contributed by atoms with van der Waals surface area (Å²) in [7, 11) is 0. The Morgan fingerprint density at radius 3 is 2.81 bits per heavy atom. The number of nitrogens with zero attached hydrogens (tertiary/aromatic N) is 1. The predicted octanol–water partition coefficient (Wildman–Crippen LogP) is 3.27. The van der Waals surface area contributed by atoms with Crippen LogP contribution in [0.5, 0.6) is 0 Å². The van der Waals surface area contributed by atoms with Crippen LogP contribution in [0.15, 0.2) is 30.3 Å². The van der Waals surface area contributed by atoms with Crippen molar-refractivity contribution in [2.75, 3.05) is 0 Å². The molecule has 3 atom stereocenters. The molecule has 1 heterocycles. The average Bonchev–Trinajstić information content (AvgIpc) is 2.93. The molecular formula is C20H28N4OS. The quantitative estimate of drug-likeness (QED) is 0.572. The lowest BCUT2D eigenvalue weighted by atomic mass is 9.78. The van der Waals surface area contributed by atoms with Crippen molar-refractivity contribution in [3.8, 4) is 0 Å². The Balaban J connectivity index is 1.52. The lowest BCUT2D eigenvalue weighted by Gasteiger charge is -2.35. The number of fused-ring (bicyclic) bond motifs is 1. The van der Waals surface area contributed by atoms with E-state index in [1.54, 1.807) is 0 Å². The second kappa shape index (κ2) is 8.08. The molecular weight excluding hydrogens is 344 g/mol. The van der Waals surface area contributed by atoms with Crippen molar-refractivity contribution in [2.45, 2.75) is 52.6 Å². The number of hydrogen-bond acceptors (Lipinski definition) is 2. The topological polar surface area (TPSA) is 58.1 Å². The van der Waals surface area contributed by atoms with Crippen LogP contribution in [0.3, 0.4) is 0 Å². The molecule has 0 spiro atoms. The number of aryl methyl sites for hydroxylation is 1. The van der Waals surface area contributed by atoms with Crippen LogP contribution in [0, 0.1) is 18.8 Å². The molecule has 1 aromatic heterocycles. The average molecular weight is 373 g/mol. The molecule has 0 aliphatic heterocycles. The Kier molecular flexibility index (Phi) is 5.81. The molecule has 0 unspecified atom stereocenters. The highest BCUT2D eigenvalue weighted by Gasteiger charge is 2.27. The van der Waals surface area contributed by atoms with Gasteiger partial charge in [-0.3, -0.25) is 15.6 Å². The van der Waals surface area contributed by atoms with Crippen molar-refractivity contribution in [1.82, 2.24) is 20.7 Å². The Morgan fingerprint density at radius 1 is 1.23 bits per heavy atom. The summed E-state index contributed by atoms with van der Waals surface area (Å²) in [6.45, 7) is 6.83. The zero-order valence-electron chi connectivity index (χ0n) is 15.7. The summed E-state index contributed by atoms with van der Waals surface area (Å²) < 4.78 is 2.01. The van der Waals surface area contributed by atoms with Gasteiger partial charge in [-0.15, -0.1) is 0 Å². The van der Waals surface area contributed by atoms with Crippen LogP contribution < -0.4 is 16.2 Å². The molecule has 0 saturated heterocycles. The molecule has 26 heavy (non-hydrogen) atoms. The molecule has 5 nitrogen and oxygen atoms in total. The third kappa shape index (κ3) is 4.18. The molecule has 3 N–H and O–H groups in total. The molecule has 1 amide bonds. The highest BCUT2D eigenvalue weighted by molar-refractivity contribution is 7.80. The largest absolute Gasteiger partial charge is 0.358 e. The van der Waals surface area contributed by atoms with Gasteiger partial charge in [0, 0.05) is 17.3 Å². The van der Waals surface area contributed by atoms with Crippen LogP contribution in [0.2, 0.25) is 0 Å². The summed E-state index contributed by atoms with van der Waals surface area (Å²) in [6.07, 6.45) is 3.62. The number of benzene rings is 1. The maximum atomic E-state index is 12.3. The van der Waals surface area contributed by atoms with E-state index in [0.717, 1.165) is 23.0 Å². The van der Waals surface area contributed by atoms with Crippen molar-refractivity contribution in [1.29, 1.82) is 0 Å². The third-order valence-electron chi connectivity index (χ3n) is 5.66. The van der Waals surface area contributed by atoms with E-state index in [2.05, 4.69) is 42.1 Å². The standard InChI is InChI=1S/C20H28N4OS/c1-13-7-6-9-17(15(13)3)21-20(26)23-22-19(25)12-24-14(2)11-16-8-4-5-10-18(16)24/h4-5,8,10-11,13,15,17H,6-7,9,12H2,1-3H3,(H,22,25)(H2,21,23,26)/t13-,15-,17+/m0/s1. The molecule has 6 heteroatoms. The first-order valence-electron chi connectivity index (χ1n) is 9.36. The van der Waals surface area contributed by atoms with Crippen LogP contribution in [-0.2, 0) is 11.3 Å². The van der Waals surface area contributed by atoms with Gasteiger partial charge in [-0.1, -0.05) is 44.9 Å². The van der Waals surface area contributed by atoms with Gasteiger partial charge in [0.05, 0.1) is 0 Å². The Bertz CT molecular complexity index is 800. The molecule has 0 bridgehead atoms. The zero-order chi connectivity index (χ0) is 18.7. The van der Waals surface area contributed by atoms with E-state index in [1.165, 1.54) is 12.8 Å². The predicted molar refractivity (Wildman–Crippen MR) is 110 cm³/mol. The van der Waals surface area contributed by atoms with Crippen molar-refractivity contribution in [3.63, 3.8) is 0 Å². The molecule has 3 rings (SSSR count).